The quantitative estimate of drug-likeness (QED) is 0.769. The van der Waals surface area contributed by atoms with Crippen LogP contribution in [0, 0.1) is 0 Å². The van der Waals surface area contributed by atoms with Crippen LogP contribution in [0.25, 0.3) is 11.1 Å². The molecular weight excluding hydrogens is 339 g/mol. The molecule has 0 amide bonds. The van der Waals surface area contributed by atoms with Gasteiger partial charge < -0.3 is 4.42 Å². The summed E-state index contributed by atoms with van der Waals surface area (Å²) in [7, 11) is 2.15. The lowest BCUT2D eigenvalue weighted by molar-refractivity contribution is 0.281. The summed E-state index contributed by atoms with van der Waals surface area (Å²) < 4.78 is 6.83. The fourth-order valence-corrected chi connectivity index (χ4v) is 2.66. The zero-order valence-corrected chi connectivity index (χ0v) is 13.1. The molecule has 1 saturated heterocycles. The molecule has 3 heterocycles. The van der Waals surface area contributed by atoms with Crippen LogP contribution in [0.3, 0.4) is 0 Å². The third-order valence-corrected chi connectivity index (χ3v) is 3.64. The molecule has 1 aliphatic rings. The van der Waals surface area contributed by atoms with Crippen molar-refractivity contribution < 1.29 is 4.42 Å². The Bertz CT molecular complexity index is 532. The minimum absolute atomic E-state index is 0. The molecule has 6 heteroatoms. The second kappa shape index (κ2) is 6.24. The van der Waals surface area contributed by atoms with Crippen molar-refractivity contribution in [1.82, 2.24) is 9.88 Å². The number of rotatable bonds is 1. The van der Waals surface area contributed by atoms with Gasteiger partial charge in [0, 0.05) is 16.7 Å². The van der Waals surface area contributed by atoms with Crippen LogP contribution < -0.4 is 0 Å². The van der Waals surface area contributed by atoms with Gasteiger partial charge >= 0.3 is 0 Å². The number of furan rings is 1. The van der Waals surface area contributed by atoms with E-state index in [2.05, 4.69) is 38.9 Å². The van der Waals surface area contributed by atoms with Crippen molar-refractivity contribution >= 4 is 51.8 Å². The van der Waals surface area contributed by atoms with E-state index in [0.29, 0.717) is 6.04 Å². The Balaban J connectivity index is 0.000000810. The molecule has 3 nitrogen and oxygen atoms in total. The second-order valence-corrected chi connectivity index (χ2v) is 5.24. The van der Waals surface area contributed by atoms with Crippen molar-refractivity contribution in [3.05, 3.63) is 28.6 Å². The summed E-state index contributed by atoms with van der Waals surface area (Å²) in [6.07, 6.45) is 4.23. The molecule has 0 spiro atoms. The van der Waals surface area contributed by atoms with Gasteiger partial charge in [0.2, 0.25) is 0 Å². The third-order valence-electron chi connectivity index (χ3n) is 3.20. The van der Waals surface area contributed by atoms with Gasteiger partial charge in [-0.25, -0.2) is 0 Å². The fraction of sp³-hybridized carbons (Fsp3) is 0.417. The number of nitrogens with zero attached hydrogens (tertiary/aromatic N) is 2. The molecule has 0 unspecified atom stereocenters. The lowest BCUT2D eigenvalue weighted by Crippen LogP contribution is -2.16. The molecule has 100 valence electrons. The maximum Gasteiger partial charge on any atom is 0.153 e. The van der Waals surface area contributed by atoms with Gasteiger partial charge in [-0.2, -0.15) is 0 Å². The van der Waals surface area contributed by atoms with E-state index < -0.39 is 0 Å². The van der Waals surface area contributed by atoms with Crippen LogP contribution in [0.4, 0.5) is 0 Å². The number of aromatic nitrogens is 1. The van der Waals surface area contributed by atoms with E-state index in [0.717, 1.165) is 27.9 Å². The molecule has 0 aliphatic carbocycles. The summed E-state index contributed by atoms with van der Waals surface area (Å²) in [5, 5.41) is 0. The molecule has 0 bridgehead atoms. The predicted molar refractivity (Wildman–Crippen MR) is 80.8 cm³/mol. The Morgan fingerprint density at radius 3 is 2.83 bits per heavy atom. The molecule has 0 saturated carbocycles. The first-order valence-corrected chi connectivity index (χ1v) is 6.28. The fourth-order valence-electron chi connectivity index (χ4n) is 2.35. The number of likely N-dealkylation sites (tertiary alicyclic amines) is 1. The van der Waals surface area contributed by atoms with Crippen LogP contribution >= 0.6 is 40.7 Å². The van der Waals surface area contributed by atoms with Crippen molar-refractivity contribution in [3.8, 4) is 0 Å². The highest BCUT2D eigenvalue weighted by atomic mass is 79.9. The van der Waals surface area contributed by atoms with E-state index >= 15 is 0 Å². The van der Waals surface area contributed by atoms with Crippen LogP contribution in [0.5, 0.6) is 0 Å². The Hall–Kier alpha value is -0.290. The summed E-state index contributed by atoms with van der Waals surface area (Å²) in [6, 6.07) is 4.46. The second-order valence-electron chi connectivity index (χ2n) is 4.32. The van der Waals surface area contributed by atoms with E-state index in [1.807, 2.05) is 6.07 Å². The van der Waals surface area contributed by atoms with Gasteiger partial charge in [0.25, 0.3) is 0 Å². The van der Waals surface area contributed by atoms with Gasteiger partial charge in [0.15, 0.2) is 5.58 Å². The Kier molecular flexibility index (Phi) is 5.46. The summed E-state index contributed by atoms with van der Waals surface area (Å²) in [5.41, 5.74) is 1.81. The predicted octanol–water partition coefficient (Wildman–Crippen LogP) is 4.20. The highest BCUT2D eigenvalue weighted by Gasteiger charge is 2.25. The van der Waals surface area contributed by atoms with Gasteiger partial charge in [-0.3, -0.25) is 9.88 Å². The molecule has 0 radical (unpaired) electrons. The van der Waals surface area contributed by atoms with Gasteiger partial charge in [0.05, 0.1) is 6.04 Å². The maximum absolute atomic E-state index is 5.87. The van der Waals surface area contributed by atoms with E-state index in [-0.39, 0.29) is 24.8 Å². The number of pyridine rings is 1. The third kappa shape index (κ3) is 2.82. The maximum atomic E-state index is 5.87. The molecule has 3 rings (SSSR count). The van der Waals surface area contributed by atoms with Crippen LogP contribution in [-0.4, -0.2) is 23.5 Å². The highest BCUT2D eigenvalue weighted by molar-refractivity contribution is 9.10. The van der Waals surface area contributed by atoms with Crippen molar-refractivity contribution in [1.29, 1.82) is 0 Å². The molecule has 18 heavy (non-hydrogen) atoms. The Morgan fingerprint density at radius 1 is 1.39 bits per heavy atom. The molecule has 1 atom stereocenters. The number of halogens is 3. The minimum Gasteiger partial charge on any atom is -0.458 e. The number of hydrogen-bond donors (Lipinski definition) is 0. The molecule has 0 aromatic carbocycles. The standard InChI is InChI=1S/C12H13BrN2O.2ClH/c1-15-4-2-3-10(15)12-6-9-11(16-12)5-8(13)7-14-9;;/h5-7,10H,2-4H2,1H3;2*1H/t10-;;/m0../s1. The van der Waals surface area contributed by atoms with Crippen molar-refractivity contribution in [2.45, 2.75) is 18.9 Å². The molecule has 2 aromatic rings. The summed E-state index contributed by atoms with van der Waals surface area (Å²) >= 11 is 3.40. The number of fused-ring (bicyclic) bond motifs is 1. The Labute approximate surface area is 127 Å². The normalized spacial score (nSPS) is 19.6. The zero-order chi connectivity index (χ0) is 11.1. The lowest BCUT2D eigenvalue weighted by atomic mass is 10.2. The van der Waals surface area contributed by atoms with Gasteiger partial charge in [-0.05, 0) is 48.4 Å². The van der Waals surface area contributed by atoms with Gasteiger partial charge in [-0.15, -0.1) is 24.8 Å². The first-order chi connectivity index (χ1) is 7.74. The van der Waals surface area contributed by atoms with Crippen LogP contribution in [0.1, 0.15) is 24.6 Å². The van der Waals surface area contributed by atoms with E-state index in [4.69, 9.17) is 4.42 Å². The monoisotopic (exact) mass is 352 g/mol. The van der Waals surface area contributed by atoms with Crippen LogP contribution in [-0.2, 0) is 0 Å². The van der Waals surface area contributed by atoms with Gasteiger partial charge in [-0.1, -0.05) is 0 Å². The van der Waals surface area contributed by atoms with Crippen molar-refractivity contribution in [3.63, 3.8) is 0 Å². The molecular formula is C12H15BrCl2N2O. The zero-order valence-electron chi connectivity index (χ0n) is 9.93. The van der Waals surface area contributed by atoms with Crippen LogP contribution in [0.15, 0.2) is 27.2 Å². The summed E-state index contributed by atoms with van der Waals surface area (Å²) in [6.45, 7) is 1.15. The summed E-state index contributed by atoms with van der Waals surface area (Å²) in [4.78, 5) is 6.68. The Morgan fingerprint density at radius 2 is 2.17 bits per heavy atom. The van der Waals surface area contributed by atoms with Crippen LogP contribution in [0.2, 0.25) is 0 Å². The lowest BCUT2D eigenvalue weighted by Gasteiger charge is -2.16. The summed E-state index contributed by atoms with van der Waals surface area (Å²) in [5.74, 6) is 1.04. The largest absolute Gasteiger partial charge is 0.458 e. The van der Waals surface area contributed by atoms with Crippen molar-refractivity contribution in [2.24, 2.45) is 0 Å². The van der Waals surface area contributed by atoms with E-state index in [9.17, 15) is 0 Å². The van der Waals surface area contributed by atoms with Crippen molar-refractivity contribution in [2.75, 3.05) is 13.6 Å². The van der Waals surface area contributed by atoms with Gasteiger partial charge in [0.1, 0.15) is 11.3 Å². The molecule has 2 aromatic heterocycles. The average Bonchev–Trinajstić information content (AvgIpc) is 2.82. The highest BCUT2D eigenvalue weighted by Crippen LogP contribution is 2.33. The first-order valence-electron chi connectivity index (χ1n) is 5.49. The minimum atomic E-state index is 0. The van der Waals surface area contributed by atoms with E-state index in [1.165, 1.54) is 12.8 Å². The molecule has 0 N–H and O–H groups in total. The first kappa shape index (κ1) is 15.8. The average molecular weight is 354 g/mol. The number of hydrogen-bond acceptors (Lipinski definition) is 3. The topological polar surface area (TPSA) is 29.3 Å². The van der Waals surface area contributed by atoms with E-state index in [1.54, 1.807) is 6.20 Å². The molecule has 1 fully saturated rings. The molecule has 1 aliphatic heterocycles. The SMILES string of the molecule is CN1CCC[C@H]1c1cc2ncc(Br)cc2o1.Cl.Cl. The smallest absolute Gasteiger partial charge is 0.153 e.